The van der Waals surface area contributed by atoms with Crippen LogP contribution in [-0.4, -0.2) is 4.40 Å². The molecule has 0 aliphatic rings. The number of nitrogens with zero attached hydrogens (tertiary/aromatic N) is 1. The van der Waals surface area contributed by atoms with Gasteiger partial charge in [-0.3, -0.25) is 9.59 Å². The van der Waals surface area contributed by atoms with Crippen molar-refractivity contribution in [2.45, 2.75) is 0 Å². The summed E-state index contributed by atoms with van der Waals surface area (Å²) in [5, 5.41) is 1.81. The molecule has 3 rings (SSSR count). The van der Waals surface area contributed by atoms with E-state index < -0.39 is 0 Å². The average Bonchev–Trinajstić information content (AvgIpc) is 2.25. The molecule has 0 spiro atoms. The molecule has 0 N–H and O–H groups in total. The Morgan fingerprint density at radius 3 is 1.80 bits per heavy atom. The predicted molar refractivity (Wildman–Crippen MR) is 58.6 cm³/mol. The van der Waals surface area contributed by atoms with Gasteiger partial charge in [-0.1, -0.05) is 18.2 Å². The van der Waals surface area contributed by atoms with Crippen LogP contribution in [0.25, 0.3) is 16.3 Å². The fourth-order valence-electron chi connectivity index (χ4n) is 1.91. The maximum absolute atomic E-state index is 11.6. The van der Waals surface area contributed by atoms with E-state index in [9.17, 15) is 9.59 Å². The fraction of sp³-hybridized carbons (Fsp3) is 0. The molecule has 0 aliphatic carbocycles. The molecule has 0 saturated heterocycles. The van der Waals surface area contributed by atoms with Crippen LogP contribution in [0.1, 0.15) is 0 Å². The molecule has 0 aliphatic heterocycles. The Labute approximate surface area is 84.6 Å². The summed E-state index contributed by atoms with van der Waals surface area (Å²) < 4.78 is 1.21. The third kappa shape index (κ3) is 1.00. The van der Waals surface area contributed by atoms with Crippen LogP contribution in [0.5, 0.6) is 0 Å². The second-order valence-electron chi connectivity index (χ2n) is 3.46. The van der Waals surface area contributed by atoms with Gasteiger partial charge in [0.05, 0.1) is 5.52 Å². The largest absolute Gasteiger partial charge is 0.269 e. The number of para-hydroxylation sites is 1. The Kier molecular flexibility index (Phi) is 1.45. The van der Waals surface area contributed by atoms with Gasteiger partial charge < -0.3 is 0 Å². The Hall–Kier alpha value is -2.16. The Bertz CT molecular complexity index is 698. The van der Waals surface area contributed by atoms with E-state index in [1.165, 1.54) is 16.5 Å². The van der Waals surface area contributed by atoms with Gasteiger partial charge in [0.25, 0.3) is 11.1 Å². The molecule has 0 fully saturated rings. The molecule has 0 bridgehead atoms. The first-order valence-corrected chi connectivity index (χ1v) is 4.64. The molecule has 2 heterocycles. The van der Waals surface area contributed by atoms with Crippen LogP contribution in [0, 0.1) is 0 Å². The second-order valence-corrected chi connectivity index (χ2v) is 3.46. The number of hydrogen-bond donors (Lipinski definition) is 0. The van der Waals surface area contributed by atoms with Crippen LogP contribution in [-0.2, 0) is 0 Å². The second kappa shape index (κ2) is 2.67. The lowest BCUT2D eigenvalue weighted by molar-refractivity contribution is 1.05. The van der Waals surface area contributed by atoms with Gasteiger partial charge in [0.15, 0.2) is 0 Å². The van der Waals surface area contributed by atoms with Crippen LogP contribution in [0.3, 0.4) is 0 Å². The summed E-state index contributed by atoms with van der Waals surface area (Å²) in [6, 6.07) is 12.0. The molecule has 2 aromatic heterocycles. The smallest absolute Gasteiger partial charge is 0.258 e. The maximum atomic E-state index is 11.6. The highest BCUT2D eigenvalue weighted by Crippen LogP contribution is 2.16. The van der Waals surface area contributed by atoms with Gasteiger partial charge in [0.1, 0.15) is 0 Å². The molecule has 0 unspecified atom stereocenters. The van der Waals surface area contributed by atoms with Gasteiger partial charge in [-0.15, -0.1) is 0 Å². The van der Waals surface area contributed by atoms with Gasteiger partial charge >= 0.3 is 0 Å². The van der Waals surface area contributed by atoms with Crippen molar-refractivity contribution in [3.05, 3.63) is 63.2 Å². The molecule has 15 heavy (non-hydrogen) atoms. The number of rotatable bonds is 0. The summed E-state index contributed by atoms with van der Waals surface area (Å²) in [5.74, 6) is 0. The highest BCUT2D eigenvalue weighted by atomic mass is 16.2. The highest BCUT2D eigenvalue weighted by Gasteiger charge is 2.04. The van der Waals surface area contributed by atoms with E-state index in [1.54, 1.807) is 12.1 Å². The van der Waals surface area contributed by atoms with E-state index >= 15 is 0 Å². The van der Waals surface area contributed by atoms with Gasteiger partial charge in [0, 0.05) is 12.1 Å². The highest BCUT2D eigenvalue weighted by molar-refractivity contribution is 5.95. The summed E-state index contributed by atoms with van der Waals surface area (Å²) in [4.78, 5) is 23.1. The van der Waals surface area contributed by atoms with E-state index in [0.29, 0.717) is 5.52 Å². The molecular weight excluding hydrogens is 190 g/mol. The third-order valence-electron chi connectivity index (χ3n) is 2.57. The van der Waals surface area contributed by atoms with Crippen LogP contribution < -0.4 is 11.1 Å². The van der Waals surface area contributed by atoms with Crippen molar-refractivity contribution in [3.8, 4) is 0 Å². The zero-order valence-electron chi connectivity index (χ0n) is 7.81. The molecule has 1 aromatic carbocycles. The molecule has 3 heteroatoms. The normalized spacial score (nSPS) is 11.2. The van der Waals surface area contributed by atoms with E-state index in [2.05, 4.69) is 0 Å². The summed E-state index contributed by atoms with van der Waals surface area (Å²) in [7, 11) is 0. The number of hydrogen-bond acceptors (Lipinski definition) is 2. The quantitative estimate of drug-likeness (QED) is 0.544. The van der Waals surface area contributed by atoms with Crippen LogP contribution in [0.4, 0.5) is 0 Å². The first-order valence-electron chi connectivity index (χ1n) is 4.64. The van der Waals surface area contributed by atoms with Crippen LogP contribution >= 0.6 is 0 Å². The van der Waals surface area contributed by atoms with Gasteiger partial charge in [-0.05, 0) is 22.9 Å². The average molecular weight is 197 g/mol. The van der Waals surface area contributed by atoms with Gasteiger partial charge in [-0.25, -0.2) is 4.40 Å². The van der Waals surface area contributed by atoms with Crippen molar-refractivity contribution in [2.75, 3.05) is 0 Å². The predicted octanol–water partition coefficient (Wildman–Crippen LogP) is 1.25. The minimum atomic E-state index is -0.274. The summed E-state index contributed by atoms with van der Waals surface area (Å²) in [5.41, 5.74) is 0.158. The van der Waals surface area contributed by atoms with Crippen molar-refractivity contribution in [2.24, 2.45) is 0 Å². The number of aromatic nitrogens is 1. The minimum Gasteiger partial charge on any atom is -0.269 e. The topological polar surface area (TPSA) is 38.5 Å². The molecular formula is C12H7NO2. The van der Waals surface area contributed by atoms with E-state index in [0.717, 1.165) is 10.8 Å². The molecule has 3 nitrogen and oxygen atoms in total. The standard InChI is InChI=1S/C12H7NO2/c14-10-6-4-8-2-1-3-9-5-7-11(15)13(10)12(8)9/h1-7H. The maximum Gasteiger partial charge on any atom is 0.258 e. The first kappa shape index (κ1) is 8.17. The third-order valence-corrected chi connectivity index (χ3v) is 2.57. The van der Waals surface area contributed by atoms with Crippen molar-refractivity contribution >= 4 is 16.3 Å². The molecule has 0 amide bonds. The van der Waals surface area contributed by atoms with Crippen LogP contribution in [0.15, 0.2) is 52.1 Å². The Morgan fingerprint density at radius 2 is 1.27 bits per heavy atom. The molecule has 72 valence electrons. The zero-order valence-corrected chi connectivity index (χ0v) is 7.81. The monoisotopic (exact) mass is 197 g/mol. The van der Waals surface area contributed by atoms with Crippen molar-refractivity contribution < 1.29 is 0 Å². The zero-order chi connectivity index (χ0) is 10.4. The lowest BCUT2D eigenvalue weighted by Gasteiger charge is -2.04. The van der Waals surface area contributed by atoms with Crippen LogP contribution in [0.2, 0.25) is 0 Å². The Balaban J connectivity index is 2.86. The minimum absolute atomic E-state index is 0.274. The lowest BCUT2D eigenvalue weighted by atomic mass is 10.1. The summed E-state index contributed by atoms with van der Waals surface area (Å²) in [6.07, 6.45) is 0. The van der Waals surface area contributed by atoms with Gasteiger partial charge in [0.2, 0.25) is 0 Å². The van der Waals surface area contributed by atoms with Crippen molar-refractivity contribution in [1.29, 1.82) is 0 Å². The number of benzene rings is 1. The summed E-state index contributed by atoms with van der Waals surface area (Å²) >= 11 is 0. The molecule has 0 saturated carbocycles. The summed E-state index contributed by atoms with van der Waals surface area (Å²) in [6.45, 7) is 0. The van der Waals surface area contributed by atoms with Gasteiger partial charge in [-0.2, -0.15) is 0 Å². The molecule has 3 aromatic rings. The van der Waals surface area contributed by atoms with Crippen molar-refractivity contribution in [1.82, 2.24) is 4.40 Å². The molecule has 0 radical (unpaired) electrons. The van der Waals surface area contributed by atoms with E-state index in [1.807, 2.05) is 18.2 Å². The Morgan fingerprint density at radius 1 is 0.733 bits per heavy atom. The molecule has 0 atom stereocenters. The number of pyridine rings is 2. The SMILES string of the molecule is O=c1ccc2cccc3ccc(=O)n1c23. The van der Waals surface area contributed by atoms with E-state index in [4.69, 9.17) is 0 Å². The van der Waals surface area contributed by atoms with E-state index in [-0.39, 0.29) is 11.1 Å². The van der Waals surface area contributed by atoms with Crippen molar-refractivity contribution in [3.63, 3.8) is 0 Å². The first-order chi connectivity index (χ1) is 7.27. The fourth-order valence-corrected chi connectivity index (χ4v) is 1.91. The lowest BCUT2D eigenvalue weighted by Crippen LogP contribution is -2.25.